The number of aromatic nitrogens is 2. The Morgan fingerprint density at radius 2 is 2.09 bits per heavy atom. The van der Waals surface area contributed by atoms with E-state index in [0.717, 1.165) is 23.4 Å². The minimum atomic E-state index is -0.377. The molecule has 3 aromatic rings. The molecule has 0 fully saturated rings. The van der Waals surface area contributed by atoms with Gasteiger partial charge in [-0.2, -0.15) is 4.40 Å². The van der Waals surface area contributed by atoms with Crippen molar-refractivity contribution in [2.24, 2.45) is 0 Å². The number of hydrogen-bond acceptors (Lipinski definition) is 4. The zero-order valence-electron chi connectivity index (χ0n) is 11.6. The number of nitro benzene ring substituents is 1. The van der Waals surface area contributed by atoms with E-state index in [0.29, 0.717) is 0 Å². The highest BCUT2D eigenvalue weighted by molar-refractivity contribution is 7.14. The van der Waals surface area contributed by atoms with Crippen molar-refractivity contribution in [1.82, 2.24) is 4.98 Å². The minimum absolute atomic E-state index is 0.118. The largest absolute Gasteiger partial charge is 0.387 e. The van der Waals surface area contributed by atoms with E-state index in [4.69, 9.17) is 0 Å². The molecule has 0 atom stereocenters. The molecule has 0 unspecified atom stereocenters. The first-order valence-electron chi connectivity index (χ1n) is 6.94. The third-order valence-corrected chi connectivity index (χ3v) is 4.65. The molecule has 0 aliphatic heterocycles. The van der Waals surface area contributed by atoms with Gasteiger partial charge in [-0.3, -0.25) is 10.1 Å². The van der Waals surface area contributed by atoms with Crippen LogP contribution in [0.2, 0.25) is 0 Å². The lowest BCUT2D eigenvalue weighted by atomic mass is 10.1. The maximum Gasteiger partial charge on any atom is 0.387 e. The van der Waals surface area contributed by atoms with Gasteiger partial charge in [0.2, 0.25) is 0 Å². The van der Waals surface area contributed by atoms with E-state index >= 15 is 0 Å². The molecule has 1 aromatic carbocycles. The molecule has 22 heavy (non-hydrogen) atoms. The van der Waals surface area contributed by atoms with Crippen molar-refractivity contribution in [2.75, 3.05) is 0 Å². The molecule has 0 N–H and O–H groups in total. The molecule has 4 rings (SSSR count). The third-order valence-electron chi connectivity index (χ3n) is 3.88. The van der Waals surface area contributed by atoms with Crippen LogP contribution < -0.4 is 4.40 Å². The van der Waals surface area contributed by atoms with E-state index in [9.17, 15) is 10.1 Å². The summed E-state index contributed by atoms with van der Waals surface area (Å²) in [5.74, 6) is 0. The highest BCUT2D eigenvalue weighted by Gasteiger charge is 2.25. The number of fused-ring (bicyclic) bond motifs is 3. The van der Waals surface area contributed by atoms with Gasteiger partial charge >= 0.3 is 4.96 Å². The Labute approximate surface area is 130 Å². The molecule has 0 saturated heterocycles. The summed E-state index contributed by atoms with van der Waals surface area (Å²) in [6, 6.07) is 6.67. The Bertz CT molecular complexity index is 913. The molecular formula is C16H12N3O2S+. The summed E-state index contributed by atoms with van der Waals surface area (Å²) in [4.78, 5) is 15.8. The van der Waals surface area contributed by atoms with Crippen molar-refractivity contribution in [3.8, 4) is 0 Å². The van der Waals surface area contributed by atoms with Crippen LogP contribution in [0, 0.1) is 10.1 Å². The molecule has 0 amide bonds. The molecule has 108 valence electrons. The SMILES string of the molecule is O=[N+]([O-])c1ccc(C=C2CCc3cnc4scc[n+]4c32)cc1. The molecule has 0 bridgehead atoms. The zero-order valence-corrected chi connectivity index (χ0v) is 12.4. The summed E-state index contributed by atoms with van der Waals surface area (Å²) in [7, 11) is 0. The van der Waals surface area contributed by atoms with E-state index in [1.165, 1.54) is 16.8 Å². The topological polar surface area (TPSA) is 60.1 Å². The van der Waals surface area contributed by atoms with Crippen LogP contribution in [0.5, 0.6) is 0 Å². The van der Waals surface area contributed by atoms with Gasteiger partial charge in [0.05, 0.1) is 4.92 Å². The maximum absolute atomic E-state index is 10.7. The molecule has 5 nitrogen and oxygen atoms in total. The monoisotopic (exact) mass is 310 g/mol. The first-order chi connectivity index (χ1) is 10.7. The van der Waals surface area contributed by atoms with Gasteiger partial charge in [-0.25, -0.2) is 0 Å². The number of non-ortho nitro benzene ring substituents is 1. The van der Waals surface area contributed by atoms with Gasteiger partial charge in [0.25, 0.3) is 5.69 Å². The normalized spacial score (nSPS) is 15.4. The summed E-state index contributed by atoms with van der Waals surface area (Å²) in [5.41, 5.74) is 4.82. The summed E-state index contributed by atoms with van der Waals surface area (Å²) in [6.07, 6.45) is 8.06. The lowest BCUT2D eigenvalue weighted by molar-refractivity contribution is -0.513. The molecular weight excluding hydrogens is 298 g/mol. The fourth-order valence-corrected chi connectivity index (χ4v) is 3.53. The first-order valence-corrected chi connectivity index (χ1v) is 7.82. The second-order valence-corrected chi connectivity index (χ2v) is 6.08. The smallest absolute Gasteiger partial charge is 0.258 e. The van der Waals surface area contributed by atoms with Crippen molar-refractivity contribution in [3.05, 3.63) is 69.0 Å². The maximum atomic E-state index is 10.7. The quantitative estimate of drug-likeness (QED) is 0.414. The van der Waals surface area contributed by atoms with Crippen LogP contribution in [-0.4, -0.2) is 9.91 Å². The van der Waals surface area contributed by atoms with E-state index in [1.807, 2.05) is 17.8 Å². The second-order valence-electron chi connectivity index (χ2n) is 5.21. The van der Waals surface area contributed by atoms with Gasteiger partial charge in [0.15, 0.2) is 0 Å². The minimum Gasteiger partial charge on any atom is -0.258 e. The molecule has 2 aromatic heterocycles. The lowest BCUT2D eigenvalue weighted by Gasteiger charge is -2.00. The van der Waals surface area contributed by atoms with Gasteiger partial charge in [-0.05, 0) is 41.6 Å². The number of allylic oxidation sites excluding steroid dienone is 1. The predicted octanol–water partition coefficient (Wildman–Crippen LogP) is 3.28. The third kappa shape index (κ3) is 2.08. The Morgan fingerprint density at radius 3 is 2.86 bits per heavy atom. The van der Waals surface area contributed by atoms with E-state index in [-0.39, 0.29) is 10.6 Å². The van der Waals surface area contributed by atoms with E-state index in [1.54, 1.807) is 35.6 Å². The fourth-order valence-electron chi connectivity index (χ4n) is 2.85. The van der Waals surface area contributed by atoms with Gasteiger partial charge in [-0.1, -0.05) is 11.3 Å². The highest BCUT2D eigenvalue weighted by atomic mass is 32.1. The number of hydrogen-bond donors (Lipinski definition) is 0. The Hall–Kier alpha value is -2.60. The number of nitro groups is 1. The van der Waals surface area contributed by atoms with Crippen molar-refractivity contribution in [3.63, 3.8) is 0 Å². The van der Waals surface area contributed by atoms with Crippen molar-refractivity contribution >= 4 is 33.6 Å². The zero-order chi connectivity index (χ0) is 15.1. The average molecular weight is 310 g/mol. The Balaban J connectivity index is 1.79. The van der Waals surface area contributed by atoms with Crippen molar-refractivity contribution in [2.45, 2.75) is 12.8 Å². The number of benzene rings is 1. The molecule has 1 aliphatic rings. The van der Waals surface area contributed by atoms with Crippen LogP contribution in [-0.2, 0) is 6.42 Å². The lowest BCUT2D eigenvalue weighted by Crippen LogP contribution is -2.24. The number of rotatable bonds is 2. The van der Waals surface area contributed by atoms with Crippen molar-refractivity contribution in [1.29, 1.82) is 0 Å². The average Bonchev–Trinajstić information content (AvgIpc) is 3.14. The van der Waals surface area contributed by atoms with Crippen LogP contribution >= 0.6 is 11.3 Å². The number of nitrogens with zero attached hydrogens (tertiary/aromatic N) is 3. The van der Waals surface area contributed by atoms with Gasteiger partial charge in [0.1, 0.15) is 18.1 Å². The van der Waals surface area contributed by atoms with E-state index < -0.39 is 0 Å². The first kappa shape index (κ1) is 13.1. The molecule has 0 saturated carbocycles. The summed E-state index contributed by atoms with van der Waals surface area (Å²) in [6.45, 7) is 0. The van der Waals surface area contributed by atoms with Crippen LogP contribution in [0.4, 0.5) is 5.69 Å². The van der Waals surface area contributed by atoms with E-state index in [2.05, 4.69) is 15.5 Å². The molecule has 6 heteroatoms. The second kappa shape index (κ2) is 4.99. The van der Waals surface area contributed by atoms with Crippen LogP contribution in [0.3, 0.4) is 0 Å². The van der Waals surface area contributed by atoms with Gasteiger partial charge < -0.3 is 0 Å². The Kier molecular flexibility index (Phi) is 2.97. The molecule has 1 aliphatic carbocycles. The Morgan fingerprint density at radius 1 is 1.27 bits per heavy atom. The number of thiazole rings is 1. The molecule has 0 spiro atoms. The van der Waals surface area contributed by atoms with Gasteiger partial charge in [0, 0.05) is 28.6 Å². The van der Waals surface area contributed by atoms with Crippen LogP contribution in [0.1, 0.15) is 23.2 Å². The summed E-state index contributed by atoms with van der Waals surface area (Å²) >= 11 is 1.62. The number of aryl methyl sites for hydroxylation is 1. The molecule has 2 heterocycles. The van der Waals surface area contributed by atoms with Gasteiger partial charge in [-0.15, -0.1) is 0 Å². The van der Waals surface area contributed by atoms with Crippen LogP contribution in [0.25, 0.3) is 16.6 Å². The highest BCUT2D eigenvalue weighted by Crippen LogP contribution is 2.31. The van der Waals surface area contributed by atoms with Crippen molar-refractivity contribution < 1.29 is 9.32 Å². The van der Waals surface area contributed by atoms with Crippen LogP contribution in [0.15, 0.2) is 42.0 Å². The summed E-state index contributed by atoms with van der Waals surface area (Å²) < 4.78 is 2.13. The fraction of sp³-hybridized carbons (Fsp3) is 0.125. The standard InChI is InChI=1S/C16H12N3O2S/c20-19(21)14-5-1-11(2-6-14)9-12-3-4-13-10-17-16-18(15(12)13)7-8-22-16/h1-2,5-10H,3-4H2/q+1. The predicted molar refractivity (Wildman–Crippen MR) is 84.6 cm³/mol. The molecule has 0 radical (unpaired) electrons. The summed E-state index contributed by atoms with van der Waals surface area (Å²) in [5, 5.41) is 12.8.